The van der Waals surface area contributed by atoms with Crippen LogP contribution in [0, 0.1) is 6.92 Å². The van der Waals surface area contributed by atoms with Crippen molar-refractivity contribution in [3.63, 3.8) is 0 Å². The number of nitrogens with zero attached hydrogens (tertiary/aromatic N) is 1. The Morgan fingerprint density at radius 3 is 3.11 bits per heavy atom. The van der Waals surface area contributed by atoms with Crippen molar-refractivity contribution in [3.05, 3.63) is 16.1 Å². The van der Waals surface area contributed by atoms with Gasteiger partial charge in [-0.15, -0.1) is 11.3 Å². The van der Waals surface area contributed by atoms with E-state index >= 15 is 0 Å². The molecule has 0 radical (unpaired) electrons. The molecule has 1 amide bonds. The third-order valence-corrected chi connectivity index (χ3v) is 3.83. The maximum absolute atomic E-state index is 12.1. The number of carbonyl (C=O) groups excluding carboxylic acids is 1. The van der Waals surface area contributed by atoms with E-state index in [1.807, 2.05) is 26.2 Å². The zero-order chi connectivity index (χ0) is 13.1. The molecule has 1 saturated heterocycles. The van der Waals surface area contributed by atoms with Crippen LogP contribution in [0.5, 0.6) is 0 Å². The second kappa shape index (κ2) is 5.77. The number of thiazole rings is 1. The number of nitrogens with one attached hydrogen (secondary N) is 2. The van der Waals surface area contributed by atoms with Crippen molar-refractivity contribution >= 4 is 17.2 Å². The van der Waals surface area contributed by atoms with Crippen LogP contribution in [0.4, 0.5) is 0 Å². The van der Waals surface area contributed by atoms with E-state index < -0.39 is 0 Å². The van der Waals surface area contributed by atoms with E-state index in [-0.39, 0.29) is 24.1 Å². The van der Waals surface area contributed by atoms with Crippen LogP contribution in [-0.2, 0) is 9.53 Å². The number of rotatable bonds is 3. The largest absolute Gasteiger partial charge is 0.375 e. The van der Waals surface area contributed by atoms with E-state index in [9.17, 15) is 4.79 Å². The third-order valence-electron chi connectivity index (χ3n) is 3.04. The molecule has 1 unspecified atom stereocenters. The molecule has 0 aliphatic carbocycles. The molecule has 2 heterocycles. The van der Waals surface area contributed by atoms with Crippen LogP contribution in [0.2, 0.25) is 0 Å². The molecular formula is C12H19N3O2S. The standard InChI is InChI=1S/C12H19N3O2S/c1-7(10-6-18-9(3)15-10)14-12(16)11-8(2)17-5-4-13-11/h6-8,11,13H,4-5H2,1-3H3,(H,14,16)/t7?,8-,11+/m1/s1. The molecule has 1 aliphatic rings. The van der Waals surface area contributed by atoms with Gasteiger partial charge >= 0.3 is 0 Å². The molecule has 100 valence electrons. The number of carbonyl (C=O) groups is 1. The molecule has 0 saturated carbocycles. The highest BCUT2D eigenvalue weighted by Gasteiger charge is 2.29. The number of amides is 1. The highest BCUT2D eigenvalue weighted by atomic mass is 32.1. The second-order valence-corrected chi connectivity index (χ2v) is 5.59. The fourth-order valence-electron chi connectivity index (χ4n) is 1.98. The van der Waals surface area contributed by atoms with E-state index in [0.717, 1.165) is 10.7 Å². The van der Waals surface area contributed by atoms with Crippen molar-refractivity contribution in [1.29, 1.82) is 0 Å². The Labute approximate surface area is 111 Å². The van der Waals surface area contributed by atoms with Gasteiger partial charge in [0.15, 0.2) is 0 Å². The number of morpholine rings is 1. The fourth-order valence-corrected chi connectivity index (χ4v) is 2.69. The van der Waals surface area contributed by atoms with E-state index in [1.165, 1.54) is 0 Å². The maximum Gasteiger partial charge on any atom is 0.240 e. The minimum absolute atomic E-state index is 0.0275. The third kappa shape index (κ3) is 3.07. The quantitative estimate of drug-likeness (QED) is 0.859. The fraction of sp³-hybridized carbons (Fsp3) is 0.667. The van der Waals surface area contributed by atoms with Crippen LogP contribution >= 0.6 is 11.3 Å². The lowest BCUT2D eigenvalue weighted by molar-refractivity contribution is -0.129. The summed E-state index contributed by atoms with van der Waals surface area (Å²) in [6.07, 6.45) is -0.0943. The maximum atomic E-state index is 12.1. The van der Waals surface area contributed by atoms with Crippen molar-refractivity contribution in [1.82, 2.24) is 15.6 Å². The lowest BCUT2D eigenvalue weighted by atomic mass is 10.1. The van der Waals surface area contributed by atoms with Gasteiger partial charge in [0.2, 0.25) is 5.91 Å². The Morgan fingerprint density at radius 1 is 1.72 bits per heavy atom. The van der Waals surface area contributed by atoms with Crippen LogP contribution < -0.4 is 10.6 Å². The summed E-state index contributed by atoms with van der Waals surface area (Å²) >= 11 is 1.59. The highest BCUT2D eigenvalue weighted by Crippen LogP contribution is 2.16. The molecule has 0 aromatic carbocycles. The smallest absolute Gasteiger partial charge is 0.240 e. The summed E-state index contributed by atoms with van der Waals surface area (Å²) in [5.74, 6) is -0.0275. The molecule has 5 nitrogen and oxygen atoms in total. The first-order chi connectivity index (χ1) is 8.58. The topological polar surface area (TPSA) is 63.2 Å². The monoisotopic (exact) mass is 269 g/mol. The first-order valence-corrected chi connectivity index (χ1v) is 7.03. The van der Waals surface area contributed by atoms with Crippen molar-refractivity contribution in [2.45, 2.75) is 39.0 Å². The second-order valence-electron chi connectivity index (χ2n) is 4.53. The van der Waals surface area contributed by atoms with Crippen molar-refractivity contribution in [2.75, 3.05) is 13.2 Å². The number of ether oxygens (including phenoxy) is 1. The number of hydrogen-bond donors (Lipinski definition) is 2. The molecule has 6 heteroatoms. The van der Waals surface area contributed by atoms with Gasteiger partial charge in [0.1, 0.15) is 6.04 Å². The van der Waals surface area contributed by atoms with Gasteiger partial charge in [0, 0.05) is 11.9 Å². The summed E-state index contributed by atoms with van der Waals surface area (Å²) in [5.41, 5.74) is 0.912. The zero-order valence-corrected chi connectivity index (χ0v) is 11.7. The van der Waals surface area contributed by atoms with Crippen LogP contribution in [0.25, 0.3) is 0 Å². The molecule has 1 aliphatic heterocycles. The summed E-state index contributed by atoms with van der Waals surface area (Å²) in [6.45, 7) is 7.19. The number of aryl methyl sites for hydroxylation is 1. The lowest BCUT2D eigenvalue weighted by Gasteiger charge is -2.30. The molecule has 3 atom stereocenters. The summed E-state index contributed by atoms with van der Waals surface area (Å²) in [7, 11) is 0. The van der Waals surface area contributed by atoms with Gasteiger partial charge in [0.25, 0.3) is 0 Å². The van der Waals surface area contributed by atoms with Gasteiger partial charge in [-0.2, -0.15) is 0 Å². The summed E-state index contributed by atoms with van der Waals surface area (Å²) < 4.78 is 5.47. The van der Waals surface area contributed by atoms with E-state index in [2.05, 4.69) is 15.6 Å². The minimum atomic E-state index is -0.277. The van der Waals surface area contributed by atoms with Crippen molar-refractivity contribution in [2.24, 2.45) is 0 Å². The molecule has 0 spiro atoms. The van der Waals surface area contributed by atoms with Crippen LogP contribution in [-0.4, -0.2) is 36.2 Å². The molecule has 1 aromatic heterocycles. The highest BCUT2D eigenvalue weighted by molar-refractivity contribution is 7.09. The predicted octanol–water partition coefficient (Wildman–Crippen LogP) is 1.01. The van der Waals surface area contributed by atoms with Crippen LogP contribution in [0.15, 0.2) is 5.38 Å². The molecule has 2 N–H and O–H groups in total. The van der Waals surface area contributed by atoms with Crippen LogP contribution in [0.3, 0.4) is 0 Å². The van der Waals surface area contributed by atoms with Crippen molar-refractivity contribution < 1.29 is 9.53 Å². The van der Waals surface area contributed by atoms with Crippen molar-refractivity contribution in [3.8, 4) is 0 Å². The van der Waals surface area contributed by atoms with E-state index in [4.69, 9.17) is 4.74 Å². The first-order valence-electron chi connectivity index (χ1n) is 6.15. The molecule has 18 heavy (non-hydrogen) atoms. The van der Waals surface area contributed by atoms with E-state index in [0.29, 0.717) is 13.2 Å². The number of hydrogen-bond acceptors (Lipinski definition) is 5. The first kappa shape index (κ1) is 13.5. The predicted molar refractivity (Wildman–Crippen MR) is 70.6 cm³/mol. The molecular weight excluding hydrogens is 250 g/mol. The average molecular weight is 269 g/mol. The Balaban J connectivity index is 1.94. The summed E-state index contributed by atoms with van der Waals surface area (Å²) in [4.78, 5) is 16.5. The van der Waals surface area contributed by atoms with Gasteiger partial charge in [-0.05, 0) is 20.8 Å². The Kier molecular flexibility index (Phi) is 4.31. The van der Waals surface area contributed by atoms with Gasteiger partial charge in [-0.3, -0.25) is 4.79 Å². The normalized spacial score (nSPS) is 25.7. The molecule has 0 bridgehead atoms. The van der Waals surface area contributed by atoms with Gasteiger partial charge in [0.05, 0.1) is 29.5 Å². The minimum Gasteiger partial charge on any atom is -0.375 e. The van der Waals surface area contributed by atoms with Crippen LogP contribution in [0.1, 0.15) is 30.6 Å². The lowest BCUT2D eigenvalue weighted by Crippen LogP contribution is -2.55. The zero-order valence-electron chi connectivity index (χ0n) is 10.9. The SMILES string of the molecule is Cc1nc(C(C)NC(=O)[C@H]2NCCO[C@@H]2C)cs1. The Bertz CT molecular complexity index is 421. The van der Waals surface area contributed by atoms with Gasteiger partial charge < -0.3 is 15.4 Å². The summed E-state index contributed by atoms with van der Waals surface area (Å²) in [6, 6.07) is -0.348. The average Bonchev–Trinajstić information content (AvgIpc) is 2.76. The molecule has 1 fully saturated rings. The van der Waals surface area contributed by atoms with Gasteiger partial charge in [-0.1, -0.05) is 0 Å². The summed E-state index contributed by atoms with van der Waals surface area (Å²) in [5, 5.41) is 9.14. The Hall–Kier alpha value is -0.980. The number of aromatic nitrogens is 1. The molecule has 2 rings (SSSR count). The van der Waals surface area contributed by atoms with Gasteiger partial charge in [-0.25, -0.2) is 4.98 Å². The molecule has 1 aromatic rings. The van der Waals surface area contributed by atoms with E-state index in [1.54, 1.807) is 11.3 Å². The Morgan fingerprint density at radius 2 is 2.50 bits per heavy atom.